The van der Waals surface area contributed by atoms with Crippen molar-refractivity contribution in [1.82, 2.24) is 10.2 Å². The lowest BCUT2D eigenvalue weighted by molar-refractivity contribution is 0.102. The fourth-order valence-electron chi connectivity index (χ4n) is 2.80. The van der Waals surface area contributed by atoms with Gasteiger partial charge in [0.1, 0.15) is 0 Å². The highest BCUT2D eigenvalue weighted by atomic mass is 35.5. The van der Waals surface area contributed by atoms with Gasteiger partial charge in [-0.25, -0.2) is 8.42 Å². The molecule has 1 amide bonds. The van der Waals surface area contributed by atoms with Gasteiger partial charge in [-0.05, 0) is 54.6 Å². The summed E-state index contributed by atoms with van der Waals surface area (Å²) in [5.74, 6) is -0.619. The number of carbonyl (C=O) groups excluding carboxylic acids is 1. The zero-order valence-corrected chi connectivity index (χ0v) is 19.5. The van der Waals surface area contributed by atoms with Gasteiger partial charge in [0.15, 0.2) is 0 Å². The van der Waals surface area contributed by atoms with Gasteiger partial charge >= 0.3 is 6.01 Å². The Morgan fingerprint density at radius 1 is 0.879 bits per heavy atom. The van der Waals surface area contributed by atoms with Crippen molar-refractivity contribution < 1.29 is 17.6 Å². The van der Waals surface area contributed by atoms with Crippen LogP contribution in [-0.2, 0) is 10.0 Å². The molecule has 0 unspecified atom stereocenters. The topological polar surface area (TPSA) is 114 Å². The minimum Gasteiger partial charge on any atom is -0.403 e. The molecule has 12 heteroatoms. The third kappa shape index (κ3) is 5.28. The molecular formula is C21H13Cl3N4O4S. The summed E-state index contributed by atoms with van der Waals surface area (Å²) in [5.41, 5.74) is 0.492. The van der Waals surface area contributed by atoms with Crippen LogP contribution in [0.5, 0.6) is 0 Å². The molecule has 4 rings (SSSR count). The first-order valence-electron chi connectivity index (χ1n) is 9.20. The van der Waals surface area contributed by atoms with Crippen LogP contribution in [0.4, 0.5) is 11.7 Å². The van der Waals surface area contributed by atoms with E-state index in [0.717, 1.165) is 0 Å². The van der Waals surface area contributed by atoms with Crippen LogP contribution in [0.25, 0.3) is 11.5 Å². The molecule has 168 valence electrons. The van der Waals surface area contributed by atoms with Crippen molar-refractivity contribution in [3.8, 4) is 11.5 Å². The lowest BCUT2D eigenvalue weighted by Gasteiger charge is -2.12. The highest BCUT2D eigenvalue weighted by molar-refractivity contribution is 7.92. The van der Waals surface area contributed by atoms with Gasteiger partial charge < -0.3 is 4.42 Å². The highest BCUT2D eigenvalue weighted by Gasteiger charge is 2.20. The molecule has 0 aliphatic heterocycles. The van der Waals surface area contributed by atoms with Crippen LogP contribution in [0.2, 0.25) is 15.1 Å². The highest BCUT2D eigenvalue weighted by Crippen LogP contribution is 2.30. The standard InChI is InChI=1S/C21H13Cl3N4O4S/c22-12-5-8-14(9-6-12)33(30,31)28-18-4-2-1-3-15(18)19(29)25-21-27-26-20(32-21)16-11-13(23)7-10-17(16)24/h1-11,28H,(H,25,27,29). The van der Waals surface area contributed by atoms with Crippen LogP contribution in [0.3, 0.4) is 0 Å². The SMILES string of the molecule is O=C(Nc1nnc(-c2cc(Cl)ccc2Cl)o1)c1ccccc1NS(=O)(=O)c1ccc(Cl)cc1. The number of hydrogen-bond acceptors (Lipinski definition) is 6. The number of sulfonamides is 1. The first-order valence-corrected chi connectivity index (χ1v) is 11.8. The van der Waals surface area contributed by atoms with Gasteiger partial charge in [0.05, 0.1) is 26.7 Å². The van der Waals surface area contributed by atoms with Crippen molar-refractivity contribution >= 4 is 62.4 Å². The average Bonchev–Trinajstić information content (AvgIpc) is 3.24. The number of amides is 1. The van der Waals surface area contributed by atoms with Crippen molar-refractivity contribution in [2.75, 3.05) is 10.0 Å². The minimum absolute atomic E-state index is 0.0120. The van der Waals surface area contributed by atoms with Gasteiger partial charge in [0.25, 0.3) is 21.8 Å². The van der Waals surface area contributed by atoms with E-state index in [2.05, 4.69) is 20.2 Å². The molecule has 0 radical (unpaired) electrons. The van der Waals surface area contributed by atoms with Crippen LogP contribution >= 0.6 is 34.8 Å². The molecule has 0 fully saturated rings. The fourth-order valence-corrected chi connectivity index (χ4v) is 4.37. The molecule has 0 saturated carbocycles. The van der Waals surface area contributed by atoms with Crippen molar-refractivity contribution in [3.63, 3.8) is 0 Å². The summed E-state index contributed by atoms with van der Waals surface area (Å²) in [6, 6.07) is 16.2. The van der Waals surface area contributed by atoms with Crippen LogP contribution < -0.4 is 10.0 Å². The first-order chi connectivity index (χ1) is 15.7. The fraction of sp³-hybridized carbons (Fsp3) is 0. The molecule has 4 aromatic rings. The maximum Gasteiger partial charge on any atom is 0.322 e. The Bertz CT molecular complexity index is 1440. The molecule has 0 aliphatic rings. The predicted octanol–water partition coefficient (Wildman–Crippen LogP) is 5.75. The molecule has 0 bridgehead atoms. The van der Waals surface area contributed by atoms with Crippen LogP contribution in [0, 0.1) is 0 Å². The Hall–Kier alpha value is -3.11. The third-order valence-corrected chi connectivity index (χ3v) is 6.54. The van der Waals surface area contributed by atoms with Crippen LogP contribution in [-0.4, -0.2) is 24.5 Å². The second-order valence-electron chi connectivity index (χ2n) is 6.60. The van der Waals surface area contributed by atoms with E-state index >= 15 is 0 Å². The van der Waals surface area contributed by atoms with Crippen molar-refractivity contribution in [2.24, 2.45) is 0 Å². The molecule has 0 spiro atoms. The van der Waals surface area contributed by atoms with Crippen molar-refractivity contribution in [1.29, 1.82) is 0 Å². The number of aromatic nitrogens is 2. The van der Waals surface area contributed by atoms with Gasteiger partial charge in [0, 0.05) is 10.0 Å². The number of nitrogens with one attached hydrogen (secondary N) is 2. The molecular weight excluding hydrogens is 511 g/mol. The quantitative estimate of drug-likeness (QED) is 0.333. The largest absolute Gasteiger partial charge is 0.403 e. The maximum absolute atomic E-state index is 12.8. The summed E-state index contributed by atoms with van der Waals surface area (Å²) in [5, 5.41) is 11.3. The van der Waals surface area contributed by atoms with E-state index in [1.54, 1.807) is 30.3 Å². The minimum atomic E-state index is -3.97. The van der Waals surface area contributed by atoms with E-state index in [9.17, 15) is 13.2 Å². The second-order valence-corrected chi connectivity index (χ2v) is 9.56. The smallest absolute Gasteiger partial charge is 0.322 e. The van der Waals surface area contributed by atoms with Gasteiger partial charge in [-0.2, -0.15) is 0 Å². The molecule has 1 aromatic heterocycles. The number of rotatable bonds is 6. The molecule has 0 aliphatic carbocycles. The number of anilines is 2. The number of carbonyl (C=O) groups is 1. The Labute approximate surface area is 203 Å². The first kappa shape index (κ1) is 23.1. The van der Waals surface area contributed by atoms with E-state index in [0.29, 0.717) is 20.6 Å². The molecule has 2 N–H and O–H groups in total. The maximum atomic E-state index is 12.8. The van der Waals surface area contributed by atoms with Crippen LogP contribution in [0.15, 0.2) is 76.0 Å². The van der Waals surface area contributed by atoms with E-state index in [-0.39, 0.29) is 28.1 Å². The van der Waals surface area contributed by atoms with E-state index in [1.165, 1.54) is 36.4 Å². The lowest BCUT2D eigenvalue weighted by Crippen LogP contribution is -2.18. The number of nitrogens with zero attached hydrogens (tertiary/aromatic N) is 2. The van der Waals surface area contributed by atoms with Crippen molar-refractivity contribution in [3.05, 3.63) is 87.4 Å². The lowest BCUT2D eigenvalue weighted by atomic mass is 10.2. The van der Waals surface area contributed by atoms with Gasteiger partial charge in [0.2, 0.25) is 0 Å². The Morgan fingerprint density at radius 3 is 2.33 bits per heavy atom. The molecule has 0 saturated heterocycles. The Kier molecular flexibility index (Phi) is 6.57. The Morgan fingerprint density at radius 2 is 1.58 bits per heavy atom. The number of benzene rings is 3. The zero-order valence-electron chi connectivity index (χ0n) is 16.4. The number of para-hydroxylation sites is 1. The number of hydrogen-bond donors (Lipinski definition) is 2. The summed E-state index contributed by atoms with van der Waals surface area (Å²) in [6.45, 7) is 0. The molecule has 3 aromatic carbocycles. The Balaban J connectivity index is 1.56. The monoisotopic (exact) mass is 522 g/mol. The van der Waals surface area contributed by atoms with E-state index in [1.807, 2.05) is 0 Å². The zero-order chi connectivity index (χ0) is 23.6. The second kappa shape index (κ2) is 9.40. The van der Waals surface area contributed by atoms with E-state index < -0.39 is 15.9 Å². The summed E-state index contributed by atoms with van der Waals surface area (Å²) < 4.78 is 33.3. The average molecular weight is 524 g/mol. The molecule has 33 heavy (non-hydrogen) atoms. The normalized spacial score (nSPS) is 11.2. The van der Waals surface area contributed by atoms with Crippen LogP contribution in [0.1, 0.15) is 10.4 Å². The summed E-state index contributed by atoms with van der Waals surface area (Å²) in [4.78, 5) is 12.8. The molecule has 1 heterocycles. The summed E-state index contributed by atoms with van der Waals surface area (Å²) >= 11 is 17.9. The van der Waals surface area contributed by atoms with Crippen molar-refractivity contribution in [2.45, 2.75) is 4.90 Å². The molecule has 0 atom stereocenters. The number of halogens is 3. The summed E-state index contributed by atoms with van der Waals surface area (Å²) in [6.07, 6.45) is 0. The summed E-state index contributed by atoms with van der Waals surface area (Å²) in [7, 11) is -3.97. The van der Waals surface area contributed by atoms with Gasteiger partial charge in [-0.3, -0.25) is 14.8 Å². The van der Waals surface area contributed by atoms with E-state index in [4.69, 9.17) is 39.2 Å². The third-order valence-electron chi connectivity index (χ3n) is 4.34. The van der Waals surface area contributed by atoms with Gasteiger partial charge in [-0.1, -0.05) is 52.0 Å². The predicted molar refractivity (Wildman–Crippen MR) is 126 cm³/mol. The van der Waals surface area contributed by atoms with Gasteiger partial charge in [-0.15, -0.1) is 5.10 Å². The molecule has 8 nitrogen and oxygen atoms in total.